The van der Waals surface area contributed by atoms with Gasteiger partial charge in [0, 0.05) is 6.42 Å². The minimum absolute atomic E-state index is 1.11. The van der Waals surface area contributed by atoms with Gasteiger partial charge >= 0.3 is 0 Å². The Morgan fingerprint density at radius 2 is 0.769 bits per heavy atom. The van der Waals surface area contributed by atoms with Crippen molar-refractivity contribution in [2.24, 2.45) is 0 Å². The van der Waals surface area contributed by atoms with Crippen LogP contribution in [-0.2, 0) is 19.5 Å². The Morgan fingerprint density at radius 1 is 0.436 bits per heavy atom. The van der Waals surface area contributed by atoms with Gasteiger partial charge in [-0.3, -0.25) is 0 Å². The lowest BCUT2D eigenvalue weighted by atomic mass is 10.0. The van der Waals surface area contributed by atoms with Crippen molar-refractivity contribution in [3.05, 3.63) is 18.2 Å². The van der Waals surface area contributed by atoms with Crippen LogP contribution in [0.1, 0.15) is 206 Å². The molecule has 0 unspecified atom stereocenters. The van der Waals surface area contributed by atoms with Crippen LogP contribution in [0.2, 0.25) is 0 Å². The van der Waals surface area contributed by atoms with Crippen LogP contribution in [0, 0.1) is 0 Å². The first-order valence-corrected chi connectivity index (χ1v) is 18.4. The molecule has 1 rings (SSSR count). The van der Waals surface area contributed by atoms with E-state index >= 15 is 0 Å². The zero-order valence-electron chi connectivity index (χ0n) is 27.5. The first-order valence-electron chi connectivity index (χ1n) is 18.4. The number of hydrogen-bond acceptors (Lipinski definition) is 0. The monoisotopic (exact) mass is 546 g/mol. The maximum absolute atomic E-state index is 2.58. The van der Waals surface area contributed by atoms with Gasteiger partial charge in [-0.25, -0.2) is 9.13 Å². The fourth-order valence-corrected chi connectivity index (χ4v) is 6.23. The smallest absolute Gasteiger partial charge is 0.235 e. The highest BCUT2D eigenvalue weighted by Crippen LogP contribution is 2.15. The SMILES string of the molecule is CCCCCCCCCCCCCCCCCc1n(CCCCCCCCCCCCCCC)cc[n+]1CC. The van der Waals surface area contributed by atoms with E-state index in [2.05, 4.69) is 42.3 Å². The molecule has 0 aliphatic carbocycles. The standard InChI is InChI=1S/C37H73N2/c1-4-7-9-11-13-15-17-19-20-21-23-25-27-29-31-33-37-38(6-3)35-36-39(37)34-32-30-28-26-24-22-18-16-14-12-10-8-5-2/h35-36H,4-34H2,1-3H3/q+1. The molecular formula is C37H73N2+. The molecule has 39 heavy (non-hydrogen) atoms. The van der Waals surface area contributed by atoms with E-state index in [0.717, 1.165) is 6.54 Å². The molecule has 0 atom stereocenters. The molecule has 0 fully saturated rings. The van der Waals surface area contributed by atoms with Gasteiger partial charge in [0.05, 0.1) is 13.1 Å². The van der Waals surface area contributed by atoms with E-state index in [4.69, 9.17) is 0 Å². The Labute approximate surface area is 247 Å². The Kier molecular flexibility index (Phi) is 26.7. The topological polar surface area (TPSA) is 8.81 Å². The highest BCUT2D eigenvalue weighted by molar-refractivity contribution is 4.84. The summed E-state index contributed by atoms with van der Waals surface area (Å²) < 4.78 is 5.07. The van der Waals surface area contributed by atoms with Crippen LogP contribution in [0.3, 0.4) is 0 Å². The van der Waals surface area contributed by atoms with E-state index in [-0.39, 0.29) is 0 Å². The quantitative estimate of drug-likeness (QED) is 0.0648. The molecule has 0 aliphatic rings. The van der Waals surface area contributed by atoms with Crippen LogP contribution < -0.4 is 4.57 Å². The van der Waals surface area contributed by atoms with Crippen LogP contribution in [0.15, 0.2) is 12.4 Å². The van der Waals surface area contributed by atoms with Crippen LogP contribution in [0.25, 0.3) is 0 Å². The fraction of sp³-hybridized carbons (Fsp3) is 0.919. The van der Waals surface area contributed by atoms with E-state index in [1.807, 2.05) is 0 Å². The number of imidazole rings is 1. The maximum Gasteiger partial charge on any atom is 0.256 e. The van der Waals surface area contributed by atoms with Crippen molar-refractivity contribution in [2.75, 3.05) is 0 Å². The minimum atomic E-state index is 1.11. The van der Waals surface area contributed by atoms with Crippen molar-refractivity contribution in [3.8, 4) is 0 Å². The molecule has 230 valence electrons. The second kappa shape index (κ2) is 28.7. The van der Waals surface area contributed by atoms with Crippen LogP contribution in [-0.4, -0.2) is 4.57 Å². The number of nitrogens with zero attached hydrogens (tertiary/aromatic N) is 2. The molecule has 2 heteroatoms. The summed E-state index contributed by atoms with van der Waals surface area (Å²) in [4.78, 5) is 0. The Hall–Kier alpha value is -0.790. The third kappa shape index (κ3) is 21.6. The largest absolute Gasteiger partial charge is 0.256 e. The number of aryl methyl sites for hydroxylation is 2. The molecule has 1 aromatic heterocycles. The zero-order chi connectivity index (χ0) is 28.1. The molecule has 1 heterocycles. The van der Waals surface area contributed by atoms with Crippen molar-refractivity contribution >= 4 is 0 Å². The van der Waals surface area contributed by atoms with E-state index in [1.54, 1.807) is 5.82 Å². The molecule has 0 aliphatic heterocycles. The van der Waals surface area contributed by atoms with Gasteiger partial charge in [-0.15, -0.1) is 0 Å². The third-order valence-electron chi connectivity index (χ3n) is 8.94. The van der Waals surface area contributed by atoms with Crippen molar-refractivity contribution < 1.29 is 4.57 Å². The number of rotatable bonds is 31. The molecule has 0 radical (unpaired) electrons. The molecule has 0 saturated heterocycles. The molecule has 0 amide bonds. The summed E-state index contributed by atoms with van der Waals surface area (Å²) in [6, 6.07) is 0. The predicted octanol–water partition coefficient (Wildman–Crippen LogP) is 12.3. The Morgan fingerprint density at radius 3 is 1.13 bits per heavy atom. The van der Waals surface area contributed by atoms with Gasteiger partial charge in [-0.05, 0) is 26.2 Å². The van der Waals surface area contributed by atoms with Crippen molar-refractivity contribution in [1.29, 1.82) is 0 Å². The van der Waals surface area contributed by atoms with Crippen molar-refractivity contribution in [1.82, 2.24) is 4.57 Å². The predicted molar refractivity (Wildman–Crippen MR) is 175 cm³/mol. The zero-order valence-corrected chi connectivity index (χ0v) is 27.5. The third-order valence-corrected chi connectivity index (χ3v) is 8.94. The van der Waals surface area contributed by atoms with Gasteiger partial charge in [-0.2, -0.15) is 0 Å². The second-order valence-electron chi connectivity index (χ2n) is 12.6. The molecule has 0 N–H and O–H groups in total. The Balaban J connectivity index is 1.98. The van der Waals surface area contributed by atoms with E-state index in [9.17, 15) is 0 Å². The molecule has 0 saturated carbocycles. The first kappa shape index (κ1) is 36.2. The van der Waals surface area contributed by atoms with Crippen LogP contribution in [0.5, 0.6) is 0 Å². The second-order valence-corrected chi connectivity index (χ2v) is 12.6. The normalized spacial score (nSPS) is 11.6. The van der Waals surface area contributed by atoms with Gasteiger partial charge < -0.3 is 0 Å². The minimum Gasteiger partial charge on any atom is -0.235 e. The summed E-state index contributed by atoms with van der Waals surface area (Å²) in [5.41, 5.74) is 0. The number of aromatic nitrogens is 2. The summed E-state index contributed by atoms with van der Waals surface area (Å²) in [6.45, 7) is 9.24. The van der Waals surface area contributed by atoms with E-state index in [1.165, 1.54) is 193 Å². The van der Waals surface area contributed by atoms with Crippen LogP contribution >= 0.6 is 0 Å². The van der Waals surface area contributed by atoms with Gasteiger partial charge in [0.15, 0.2) is 0 Å². The summed E-state index contributed by atoms with van der Waals surface area (Å²) in [5.74, 6) is 1.58. The lowest BCUT2D eigenvalue weighted by Crippen LogP contribution is -2.36. The number of hydrogen-bond donors (Lipinski definition) is 0. The molecule has 2 nitrogen and oxygen atoms in total. The van der Waals surface area contributed by atoms with Crippen molar-refractivity contribution in [2.45, 2.75) is 220 Å². The summed E-state index contributed by atoms with van der Waals surface area (Å²) >= 11 is 0. The number of unbranched alkanes of at least 4 members (excludes halogenated alkanes) is 26. The van der Waals surface area contributed by atoms with Crippen LogP contribution in [0.4, 0.5) is 0 Å². The maximum atomic E-state index is 2.58. The fourth-order valence-electron chi connectivity index (χ4n) is 6.23. The molecular weight excluding hydrogens is 472 g/mol. The summed E-state index contributed by atoms with van der Waals surface area (Å²) in [6.07, 6.45) is 46.3. The van der Waals surface area contributed by atoms with Crippen molar-refractivity contribution in [3.63, 3.8) is 0 Å². The summed E-state index contributed by atoms with van der Waals surface area (Å²) in [5, 5.41) is 0. The highest BCUT2D eigenvalue weighted by atomic mass is 15.1. The highest BCUT2D eigenvalue weighted by Gasteiger charge is 2.15. The molecule has 1 aromatic rings. The summed E-state index contributed by atoms with van der Waals surface area (Å²) in [7, 11) is 0. The molecule has 0 spiro atoms. The van der Waals surface area contributed by atoms with E-state index in [0.29, 0.717) is 0 Å². The van der Waals surface area contributed by atoms with Gasteiger partial charge in [0.2, 0.25) is 0 Å². The first-order chi connectivity index (χ1) is 19.3. The van der Waals surface area contributed by atoms with E-state index < -0.39 is 0 Å². The average molecular weight is 546 g/mol. The average Bonchev–Trinajstić information content (AvgIpc) is 3.34. The lowest BCUT2D eigenvalue weighted by Gasteiger charge is -2.06. The van der Waals surface area contributed by atoms with Gasteiger partial charge in [0.1, 0.15) is 12.4 Å². The molecule has 0 bridgehead atoms. The van der Waals surface area contributed by atoms with Gasteiger partial charge in [-0.1, -0.05) is 174 Å². The molecule has 0 aromatic carbocycles. The van der Waals surface area contributed by atoms with Gasteiger partial charge in [0.25, 0.3) is 5.82 Å². The Bertz CT molecular complexity index is 605. The lowest BCUT2D eigenvalue weighted by molar-refractivity contribution is -0.700.